The second-order valence-electron chi connectivity index (χ2n) is 5.12. The second kappa shape index (κ2) is 2.71. The van der Waals surface area contributed by atoms with Gasteiger partial charge in [0.15, 0.2) is 0 Å². The zero-order valence-electron chi connectivity index (χ0n) is 8.85. The molecule has 2 heteroatoms. The van der Waals surface area contributed by atoms with E-state index in [0.29, 0.717) is 17.4 Å². The van der Waals surface area contributed by atoms with Crippen LogP contribution in [0.25, 0.3) is 0 Å². The van der Waals surface area contributed by atoms with Crippen LogP contribution in [0.2, 0.25) is 0 Å². The maximum atomic E-state index is 5.95. The summed E-state index contributed by atoms with van der Waals surface area (Å²) in [6.45, 7) is 8.70. The average Bonchev–Trinajstić information content (AvgIpc) is 2.39. The van der Waals surface area contributed by atoms with Gasteiger partial charge in [0.05, 0.1) is 5.60 Å². The first kappa shape index (κ1) is 10.0. The van der Waals surface area contributed by atoms with Crippen molar-refractivity contribution in [2.24, 2.45) is 17.1 Å². The molecule has 0 aromatic heterocycles. The van der Waals surface area contributed by atoms with Crippen LogP contribution in [0, 0.1) is 11.3 Å². The van der Waals surface area contributed by atoms with E-state index in [9.17, 15) is 0 Å². The Morgan fingerprint density at radius 1 is 1.42 bits per heavy atom. The number of ether oxygens (including phenoxy) is 1. The SMILES string of the molecule is COC(C)(C)CC1C(N)C1(C)C. The Bertz CT molecular complexity index is 175. The van der Waals surface area contributed by atoms with E-state index in [4.69, 9.17) is 10.5 Å². The molecule has 0 heterocycles. The Labute approximate surface area is 75.5 Å². The minimum atomic E-state index is -0.0178. The fourth-order valence-electron chi connectivity index (χ4n) is 1.79. The molecule has 1 aliphatic carbocycles. The van der Waals surface area contributed by atoms with Crippen molar-refractivity contribution in [3.63, 3.8) is 0 Å². The molecule has 2 N–H and O–H groups in total. The Morgan fingerprint density at radius 2 is 1.83 bits per heavy atom. The Balaban J connectivity index is 2.46. The van der Waals surface area contributed by atoms with Gasteiger partial charge in [-0.1, -0.05) is 13.8 Å². The molecule has 2 unspecified atom stereocenters. The molecule has 1 rings (SSSR count). The summed E-state index contributed by atoms with van der Waals surface area (Å²) in [6.07, 6.45) is 1.07. The van der Waals surface area contributed by atoms with Crippen molar-refractivity contribution in [2.45, 2.75) is 45.8 Å². The molecule has 0 spiro atoms. The molecule has 12 heavy (non-hydrogen) atoms. The van der Waals surface area contributed by atoms with Gasteiger partial charge in [0.2, 0.25) is 0 Å². The van der Waals surface area contributed by atoms with Crippen molar-refractivity contribution < 1.29 is 4.74 Å². The molecule has 1 saturated carbocycles. The lowest BCUT2D eigenvalue weighted by Crippen LogP contribution is -2.24. The summed E-state index contributed by atoms with van der Waals surface area (Å²) in [4.78, 5) is 0. The van der Waals surface area contributed by atoms with Crippen LogP contribution >= 0.6 is 0 Å². The van der Waals surface area contributed by atoms with Gasteiger partial charge >= 0.3 is 0 Å². The molecule has 0 bridgehead atoms. The van der Waals surface area contributed by atoms with Crippen LogP contribution in [-0.2, 0) is 4.74 Å². The van der Waals surface area contributed by atoms with E-state index in [-0.39, 0.29) is 5.60 Å². The number of nitrogens with two attached hydrogens (primary N) is 1. The van der Waals surface area contributed by atoms with Crippen molar-refractivity contribution in [3.05, 3.63) is 0 Å². The molecular weight excluding hydrogens is 150 g/mol. The van der Waals surface area contributed by atoms with Gasteiger partial charge in [0.1, 0.15) is 0 Å². The summed E-state index contributed by atoms with van der Waals surface area (Å²) in [7, 11) is 1.76. The molecule has 0 aromatic rings. The topological polar surface area (TPSA) is 35.2 Å². The molecule has 0 amide bonds. The lowest BCUT2D eigenvalue weighted by Gasteiger charge is -2.23. The molecular formula is C10H21NO. The molecule has 0 aliphatic heterocycles. The summed E-state index contributed by atoms with van der Waals surface area (Å²) >= 11 is 0. The summed E-state index contributed by atoms with van der Waals surface area (Å²) in [5.41, 5.74) is 6.26. The summed E-state index contributed by atoms with van der Waals surface area (Å²) < 4.78 is 5.37. The smallest absolute Gasteiger partial charge is 0.0626 e. The molecule has 0 aromatic carbocycles. The van der Waals surface area contributed by atoms with Crippen molar-refractivity contribution in [2.75, 3.05) is 7.11 Å². The quantitative estimate of drug-likeness (QED) is 0.702. The van der Waals surface area contributed by atoms with Gasteiger partial charge in [-0.2, -0.15) is 0 Å². The van der Waals surface area contributed by atoms with E-state index < -0.39 is 0 Å². The number of hydrogen-bond donors (Lipinski definition) is 1. The fourth-order valence-corrected chi connectivity index (χ4v) is 1.79. The first-order valence-corrected chi connectivity index (χ1v) is 4.62. The Morgan fingerprint density at radius 3 is 2.08 bits per heavy atom. The van der Waals surface area contributed by atoms with Crippen LogP contribution in [0.1, 0.15) is 34.1 Å². The number of rotatable bonds is 3. The molecule has 72 valence electrons. The minimum Gasteiger partial charge on any atom is -0.379 e. The van der Waals surface area contributed by atoms with Crippen molar-refractivity contribution in [1.29, 1.82) is 0 Å². The second-order valence-corrected chi connectivity index (χ2v) is 5.12. The lowest BCUT2D eigenvalue weighted by molar-refractivity contribution is 0.00803. The average molecular weight is 171 g/mol. The van der Waals surface area contributed by atoms with Crippen LogP contribution in [0.4, 0.5) is 0 Å². The highest BCUT2D eigenvalue weighted by molar-refractivity contribution is 5.10. The lowest BCUT2D eigenvalue weighted by atomic mass is 9.97. The standard InChI is InChI=1S/C10H21NO/c1-9(2,12-5)6-7-8(11)10(7,3)4/h7-8H,6,11H2,1-5H3. The largest absolute Gasteiger partial charge is 0.379 e. The number of hydrogen-bond acceptors (Lipinski definition) is 2. The zero-order valence-corrected chi connectivity index (χ0v) is 8.85. The Kier molecular flexibility index (Phi) is 2.26. The van der Waals surface area contributed by atoms with Crippen molar-refractivity contribution >= 4 is 0 Å². The van der Waals surface area contributed by atoms with Gasteiger partial charge in [0.25, 0.3) is 0 Å². The van der Waals surface area contributed by atoms with E-state index in [2.05, 4.69) is 27.7 Å². The van der Waals surface area contributed by atoms with Gasteiger partial charge in [0, 0.05) is 13.2 Å². The normalized spacial score (nSPS) is 33.5. The molecule has 0 radical (unpaired) electrons. The van der Waals surface area contributed by atoms with Crippen LogP contribution in [0.15, 0.2) is 0 Å². The van der Waals surface area contributed by atoms with E-state index in [0.717, 1.165) is 6.42 Å². The summed E-state index contributed by atoms with van der Waals surface area (Å²) in [5, 5.41) is 0. The molecule has 1 aliphatic rings. The van der Waals surface area contributed by atoms with E-state index in [1.165, 1.54) is 0 Å². The maximum Gasteiger partial charge on any atom is 0.0626 e. The van der Waals surface area contributed by atoms with E-state index in [1.54, 1.807) is 7.11 Å². The minimum absolute atomic E-state index is 0.0178. The monoisotopic (exact) mass is 171 g/mol. The number of methoxy groups -OCH3 is 1. The van der Waals surface area contributed by atoms with Gasteiger partial charge in [-0.3, -0.25) is 0 Å². The van der Waals surface area contributed by atoms with Crippen molar-refractivity contribution in [3.8, 4) is 0 Å². The van der Waals surface area contributed by atoms with Crippen LogP contribution in [-0.4, -0.2) is 18.8 Å². The van der Waals surface area contributed by atoms with Crippen LogP contribution in [0.5, 0.6) is 0 Å². The zero-order chi connectivity index (χ0) is 9.57. The summed E-state index contributed by atoms with van der Waals surface area (Å²) in [6, 6.07) is 0.368. The molecule has 1 fully saturated rings. The third kappa shape index (κ3) is 1.64. The van der Waals surface area contributed by atoms with E-state index >= 15 is 0 Å². The van der Waals surface area contributed by atoms with Crippen LogP contribution in [0.3, 0.4) is 0 Å². The van der Waals surface area contributed by atoms with Crippen molar-refractivity contribution in [1.82, 2.24) is 0 Å². The van der Waals surface area contributed by atoms with Crippen LogP contribution < -0.4 is 5.73 Å². The Hall–Kier alpha value is -0.0800. The van der Waals surface area contributed by atoms with Gasteiger partial charge < -0.3 is 10.5 Å². The first-order chi connectivity index (χ1) is 5.31. The van der Waals surface area contributed by atoms with Gasteiger partial charge in [-0.05, 0) is 31.6 Å². The molecule has 2 atom stereocenters. The predicted molar refractivity (Wildman–Crippen MR) is 51.0 cm³/mol. The predicted octanol–water partition coefficient (Wildman–Crippen LogP) is 1.78. The third-order valence-electron chi connectivity index (χ3n) is 3.40. The fraction of sp³-hybridized carbons (Fsp3) is 1.00. The first-order valence-electron chi connectivity index (χ1n) is 4.62. The third-order valence-corrected chi connectivity index (χ3v) is 3.40. The molecule has 0 saturated heterocycles. The van der Waals surface area contributed by atoms with E-state index in [1.807, 2.05) is 0 Å². The molecule has 2 nitrogen and oxygen atoms in total. The van der Waals surface area contributed by atoms with Gasteiger partial charge in [-0.15, -0.1) is 0 Å². The highest BCUT2D eigenvalue weighted by atomic mass is 16.5. The summed E-state index contributed by atoms with van der Waals surface area (Å²) in [5.74, 6) is 0.632. The highest BCUT2D eigenvalue weighted by Gasteiger charge is 2.56. The highest BCUT2D eigenvalue weighted by Crippen LogP contribution is 2.54. The maximum absolute atomic E-state index is 5.95. The van der Waals surface area contributed by atoms with Gasteiger partial charge in [-0.25, -0.2) is 0 Å².